The lowest BCUT2D eigenvalue weighted by molar-refractivity contribution is -0.106. The van der Waals surface area contributed by atoms with Crippen LogP contribution in [0.1, 0.15) is 33.6 Å². The summed E-state index contributed by atoms with van der Waals surface area (Å²) >= 11 is 3.48. The highest BCUT2D eigenvalue weighted by atomic mass is 79.9. The van der Waals surface area contributed by atoms with Crippen molar-refractivity contribution >= 4 is 22.2 Å². The van der Waals surface area contributed by atoms with Crippen molar-refractivity contribution in [3.8, 4) is 0 Å². The van der Waals surface area contributed by atoms with E-state index in [2.05, 4.69) is 35.1 Å². The Labute approximate surface area is 83.6 Å². The largest absolute Gasteiger partial charge is 0.391 e. The molecular formula is C9H18BrNO. The Kier molecular flexibility index (Phi) is 12.7. The van der Waals surface area contributed by atoms with Gasteiger partial charge in [0.05, 0.1) is 0 Å². The number of halogens is 1. The molecule has 0 unspecified atom stereocenters. The number of hydrogen-bond donors (Lipinski definition) is 1. The molecule has 0 aliphatic heterocycles. The van der Waals surface area contributed by atoms with Crippen molar-refractivity contribution in [3.63, 3.8) is 0 Å². The van der Waals surface area contributed by atoms with Gasteiger partial charge in [-0.1, -0.05) is 29.3 Å². The number of nitrogens with one attached hydrogen (secondary N) is 1. The minimum absolute atomic E-state index is 0.750. The van der Waals surface area contributed by atoms with Gasteiger partial charge in [-0.15, -0.1) is 0 Å². The molecule has 0 aliphatic carbocycles. The maximum absolute atomic E-state index is 8.81. The van der Waals surface area contributed by atoms with Gasteiger partial charge in [-0.05, 0) is 20.3 Å². The highest BCUT2D eigenvalue weighted by molar-refractivity contribution is 9.11. The monoisotopic (exact) mass is 235 g/mol. The predicted octanol–water partition coefficient (Wildman–Crippen LogP) is 2.84. The molecule has 0 radical (unpaired) electrons. The van der Waals surface area contributed by atoms with Crippen molar-refractivity contribution in [1.82, 2.24) is 5.32 Å². The van der Waals surface area contributed by atoms with Crippen molar-refractivity contribution in [1.29, 1.82) is 0 Å². The Bertz CT molecular complexity index is 143. The first-order valence-corrected chi connectivity index (χ1v) is 4.86. The summed E-state index contributed by atoms with van der Waals surface area (Å²) in [6, 6.07) is 0. The molecule has 72 valence electrons. The fourth-order valence-electron chi connectivity index (χ4n) is 0.543. The van der Waals surface area contributed by atoms with Crippen LogP contribution in [-0.2, 0) is 4.79 Å². The van der Waals surface area contributed by atoms with E-state index in [0.29, 0.717) is 0 Å². The fourth-order valence-corrected chi connectivity index (χ4v) is 1.14. The fraction of sp³-hybridized carbons (Fsp3) is 0.667. The summed E-state index contributed by atoms with van der Waals surface area (Å²) in [5.41, 5.74) is 1.23. The third-order valence-corrected chi connectivity index (χ3v) is 2.24. The molecule has 0 fully saturated rings. The first-order chi connectivity index (χ1) is 5.63. The second kappa shape index (κ2) is 10.7. The molecule has 0 bridgehead atoms. The van der Waals surface area contributed by atoms with E-state index in [9.17, 15) is 0 Å². The van der Waals surface area contributed by atoms with Gasteiger partial charge in [-0.25, -0.2) is 0 Å². The highest BCUT2D eigenvalue weighted by Crippen LogP contribution is 2.15. The normalized spacial score (nSPS) is 10.8. The van der Waals surface area contributed by atoms with E-state index in [1.54, 1.807) is 0 Å². The van der Waals surface area contributed by atoms with Crippen LogP contribution in [0.3, 0.4) is 0 Å². The Morgan fingerprint density at radius 1 is 1.58 bits per heavy atom. The Hall–Kier alpha value is -0.310. The first-order valence-electron chi connectivity index (χ1n) is 4.06. The van der Waals surface area contributed by atoms with Gasteiger partial charge in [0.2, 0.25) is 0 Å². The molecule has 0 aromatic heterocycles. The minimum atomic E-state index is 0.750. The lowest BCUT2D eigenvalue weighted by atomic mass is 10.3. The summed E-state index contributed by atoms with van der Waals surface area (Å²) < 4.78 is 1.28. The van der Waals surface area contributed by atoms with Crippen molar-refractivity contribution in [2.24, 2.45) is 0 Å². The molecule has 0 aromatic rings. The molecule has 3 heteroatoms. The van der Waals surface area contributed by atoms with Crippen LogP contribution in [0.15, 0.2) is 10.2 Å². The van der Waals surface area contributed by atoms with E-state index in [0.717, 1.165) is 12.7 Å². The van der Waals surface area contributed by atoms with Crippen LogP contribution in [0.25, 0.3) is 0 Å². The van der Waals surface area contributed by atoms with E-state index in [-0.39, 0.29) is 0 Å². The van der Waals surface area contributed by atoms with Crippen LogP contribution in [0.4, 0.5) is 0 Å². The van der Waals surface area contributed by atoms with Gasteiger partial charge >= 0.3 is 0 Å². The van der Waals surface area contributed by atoms with Crippen LogP contribution in [0, 0.1) is 0 Å². The summed E-state index contributed by atoms with van der Waals surface area (Å²) in [5, 5.41) is 3.08. The van der Waals surface area contributed by atoms with E-state index >= 15 is 0 Å². The van der Waals surface area contributed by atoms with Crippen molar-refractivity contribution < 1.29 is 4.79 Å². The Balaban J connectivity index is 0. The molecule has 0 saturated heterocycles. The predicted molar refractivity (Wildman–Crippen MR) is 57.3 cm³/mol. The summed E-state index contributed by atoms with van der Waals surface area (Å²) in [4.78, 5) is 8.81. The van der Waals surface area contributed by atoms with Crippen LogP contribution in [0.5, 0.6) is 0 Å². The standard InChI is InChI=1S/C7H14BrN.C2H4O/c1-4-5-7(8)6(2)9-3;1-2-3/h9H,4-5H2,1-3H3;2H,1H3/b7-6+;. The molecule has 12 heavy (non-hydrogen) atoms. The van der Waals surface area contributed by atoms with Gasteiger partial charge in [0.15, 0.2) is 0 Å². The average molecular weight is 236 g/mol. The van der Waals surface area contributed by atoms with Gasteiger partial charge in [0.1, 0.15) is 6.29 Å². The van der Waals surface area contributed by atoms with Crippen LogP contribution >= 0.6 is 15.9 Å². The van der Waals surface area contributed by atoms with E-state index in [1.165, 1.54) is 23.5 Å². The van der Waals surface area contributed by atoms with Gasteiger partial charge in [-0.2, -0.15) is 0 Å². The average Bonchev–Trinajstić information content (AvgIpc) is 2.05. The van der Waals surface area contributed by atoms with Crippen molar-refractivity contribution in [2.45, 2.75) is 33.6 Å². The SMILES string of the molecule is CC=O.CCC/C(Br)=C(/C)NC. The second-order valence-corrected chi connectivity index (χ2v) is 3.22. The van der Waals surface area contributed by atoms with E-state index in [1.807, 2.05) is 7.05 Å². The molecule has 1 N–H and O–H groups in total. The van der Waals surface area contributed by atoms with Crippen LogP contribution < -0.4 is 5.32 Å². The van der Waals surface area contributed by atoms with Crippen molar-refractivity contribution in [2.75, 3.05) is 7.05 Å². The second-order valence-electron chi connectivity index (χ2n) is 2.27. The third-order valence-electron chi connectivity index (χ3n) is 1.25. The lowest BCUT2D eigenvalue weighted by Crippen LogP contribution is -2.02. The van der Waals surface area contributed by atoms with E-state index in [4.69, 9.17) is 4.79 Å². The summed E-state index contributed by atoms with van der Waals surface area (Å²) in [5.74, 6) is 0. The molecule has 0 aliphatic rings. The summed E-state index contributed by atoms with van der Waals surface area (Å²) in [6.07, 6.45) is 3.08. The van der Waals surface area contributed by atoms with Gasteiger partial charge < -0.3 is 10.1 Å². The molecule has 0 atom stereocenters. The molecule has 0 heterocycles. The molecule has 0 amide bonds. The molecule has 0 spiro atoms. The molecule has 0 saturated carbocycles. The maximum atomic E-state index is 8.81. The number of carbonyl (C=O) groups is 1. The number of aldehydes is 1. The quantitative estimate of drug-likeness (QED) is 0.763. The van der Waals surface area contributed by atoms with Gasteiger partial charge in [0, 0.05) is 17.2 Å². The first kappa shape index (κ1) is 14.2. The molecule has 2 nitrogen and oxygen atoms in total. The lowest BCUT2D eigenvalue weighted by Gasteiger charge is -2.02. The van der Waals surface area contributed by atoms with Gasteiger partial charge in [0.25, 0.3) is 0 Å². The topological polar surface area (TPSA) is 29.1 Å². The third kappa shape index (κ3) is 9.69. The number of hydrogen-bond acceptors (Lipinski definition) is 2. The maximum Gasteiger partial charge on any atom is 0.116 e. The highest BCUT2D eigenvalue weighted by Gasteiger charge is 1.92. The zero-order chi connectivity index (χ0) is 9.98. The summed E-state index contributed by atoms with van der Waals surface area (Å²) in [6.45, 7) is 5.68. The summed E-state index contributed by atoms with van der Waals surface area (Å²) in [7, 11) is 1.94. The van der Waals surface area contributed by atoms with Crippen molar-refractivity contribution in [3.05, 3.63) is 10.2 Å². The zero-order valence-electron chi connectivity index (χ0n) is 8.28. The molecule has 0 rings (SSSR count). The number of allylic oxidation sites excluding steroid dienone is 2. The Morgan fingerprint density at radius 3 is 2.25 bits per heavy atom. The smallest absolute Gasteiger partial charge is 0.116 e. The number of carbonyl (C=O) groups excluding carboxylic acids is 1. The zero-order valence-corrected chi connectivity index (χ0v) is 9.86. The van der Waals surface area contributed by atoms with Crippen LogP contribution in [-0.4, -0.2) is 13.3 Å². The van der Waals surface area contributed by atoms with E-state index < -0.39 is 0 Å². The number of rotatable bonds is 3. The Morgan fingerprint density at radius 2 is 2.00 bits per heavy atom. The van der Waals surface area contributed by atoms with Crippen LogP contribution in [0.2, 0.25) is 0 Å². The minimum Gasteiger partial charge on any atom is -0.391 e. The molecule has 0 aromatic carbocycles. The van der Waals surface area contributed by atoms with Gasteiger partial charge in [-0.3, -0.25) is 0 Å². The molecular weight excluding hydrogens is 218 g/mol.